The lowest BCUT2D eigenvalue weighted by Crippen LogP contribution is -2.04. The van der Waals surface area contributed by atoms with E-state index in [2.05, 4.69) is 9.97 Å². The lowest BCUT2D eigenvalue weighted by Gasteiger charge is -2.17. The molecule has 3 rings (SSSR count). The summed E-state index contributed by atoms with van der Waals surface area (Å²) in [7, 11) is 0. The van der Waals surface area contributed by atoms with E-state index in [4.69, 9.17) is 0 Å². The van der Waals surface area contributed by atoms with Gasteiger partial charge in [0.25, 0.3) is 0 Å². The minimum atomic E-state index is -0.199. The molecule has 1 saturated carbocycles. The Kier molecular flexibility index (Phi) is 3.31. The highest BCUT2D eigenvalue weighted by Gasteiger charge is 2.17. The Morgan fingerprint density at radius 2 is 1.78 bits per heavy atom. The number of hydrogen-bond donors (Lipinski definition) is 1. The number of nitrogens with one attached hydrogen (secondary N) is 1. The van der Waals surface area contributed by atoms with Crippen LogP contribution in [-0.2, 0) is 0 Å². The van der Waals surface area contributed by atoms with Gasteiger partial charge in [-0.1, -0.05) is 32.1 Å². The fraction of sp³-hybridized carbons (Fsp3) is 0.533. The summed E-state index contributed by atoms with van der Waals surface area (Å²) in [5, 5.41) is 0. The summed E-state index contributed by atoms with van der Waals surface area (Å²) < 4.78 is 13.2. The van der Waals surface area contributed by atoms with Gasteiger partial charge < -0.3 is 4.98 Å². The van der Waals surface area contributed by atoms with Gasteiger partial charge in [-0.05, 0) is 31.0 Å². The minimum Gasteiger partial charge on any atom is -0.342 e. The third-order valence-electron chi connectivity index (χ3n) is 3.95. The van der Waals surface area contributed by atoms with Gasteiger partial charge in [-0.3, -0.25) is 0 Å². The molecule has 0 unspecified atom stereocenters. The number of halogens is 1. The van der Waals surface area contributed by atoms with Gasteiger partial charge in [0.2, 0.25) is 0 Å². The molecule has 0 spiro atoms. The molecule has 96 valence electrons. The van der Waals surface area contributed by atoms with Gasteiger partial charge >= 0.3 is 0 Å². The molecule has 0 amide bonds. The summed E-state index contributed by atoms with van der Waals surface area (Å²) in [4.78, 5) is 7.93. The van der Waals surface area contributed by atoms with E-state index in [0.29, 0.717) is 5.92 Å². The van der Waals surface area contributed by atoms with E-state index >= 15 is 0 Å². The molecule has 0 radical (unpaired) electrons. The third-order valence-corrected chi connectivity index (χ3v) is 3.95. The summed E-state index contributed by atoms with van der Waals surface area (Å²) >= 11 is 0. The van der Waals surface area contributed by atoms with Crippen LogP contribution in [0.4, 0.5) is 4.39 Å². The molecule has 1 heterocycles. The molecule has 1 aliphatic carbocycles. The molecule has 3 heteroatoms. The molecule has 0 atom stereocenters. The van der Waals surface area contributed by atoms with Crippen LogP contribution in [0.15, 0.2) is 18.2 Å². The molecule has 1 aromatic heterocycles. The van der Waals surface area contributed by atoms with Gasteiger partial charge in [0.15, 0.2) is 0 Å². The van der Waals surface area contributed by atoms with Crippen molar-refractivity contribution in [1.29, 1.82) is 0 Å². The fourth-order valence-electron chi connectivity index (χ4n) is 2.92. The van der Waals surface area contributed by atoms with Gasteiger partial charge in [0, 0.05) is 5.92 Å². The molecule has 1 fully saturated rings. The number of benzene rings is 1. The van der Waals surface area contributed by atoms with E-state index in [9.17, 15) is 4.39 Å². The Balaban J connectivity index is 1.87. The third kappa shape index (κ3) is 2.40. The van der Waals surface area contributed by atoms with Crippen molar-refractivity contribution >= 4 is 11.0 Å². The average Bonchev–Trinajstić information content (AvgIpc) is 2.71. The number of imidazole rings is 1. The molecular formula is C15H19FN2. The molecular weight excluding hydrogens is 227 g/mol. The number of H-pyrrole nitrogens is 1. The quantitative estimate of drug-likeness (QED) is 0.786. The van der Waals surface area contributed by atoms with Crippen molar-refractivity contribution < 1.29 is 4.39 Å². The zero-order chi connectivity index (χ0) is 12.4. The first-order valence-corrected chi connectivity index (χ1v) is 6.98. The van der Waals surface area contributed by atoms with Crippen molar-refractivity contribution in [3.05, 3.63) is 29.8 Å². The van der Waals surface area contributed by atoms with E-state index in [-0.39, 0.29) is 5.82 Å². The topological polar surface area (TPSA) is 28.7 Å². The highest BCUT2D eigenvalue weighted by molar-refractivity contribution is 5.75. The van der Waals surface area contributed by atoms with Gasteiger partial charge in [-0.15, -0.1) is 0 Å². The SMILES string of the molecule is Fc1ccc2nc(C3CCCCCCC3)[nH]c2c1. The normalized spacial score (nSPS) is 18.7. The van der Waals surface area contributed by atoms with E-state index in [0.717, 1.165) is 16.9 Å². The van der Waals surface area contributed by atoms with Gasteiger partial charge in [0.1, 0.15) is 11.6 Å². The van der Waals surface area contributed by atoms with Gasteiger partial charge in [-0.25, -0.2) is 9.37 Å². The lowest BCUT2D eigenvalue weighted by molar-refractivity contribution is 0.445. The maximum absolute atomic E-state index is 13.2. The van der Waals surface area contributed by atoms with Crippen LogP contribution in [0.25, 0.3) is 11.0 Å². The molecule has 0 aliphatic heterocycles. The highest BCUT2D eigenvalue weighted by Crippen LogP contribution is 2.30. The van der Waals surface area contributed by atoms with E-state index in [1.165, 1.54) is 57.1 Å². The number of hydrogen-bond acceptors (Lipinski definition) is 1. The van der Waals surface area contributed by atoms with Crippen LogP contribution in [0.3, 0.4) is 0 Å². The molecule has 18 heavy (non-hydrogen) atoms. The molecule has 2 aromatic rings. The molecule has 2 nitrogen and oxygen atoms in total. The Morgan fingerprint density at radius 1 is 1.06 bits per heavy atom. The number of nitrogens with zero attached hydrogens (tertiary/aromatic N) is 1. The molecule has 1 aliphatic rings. The summed E-state index contributed by atoms with van der Waals surface area (Å²) in [6.45, 7) is 0. The first-order chi connectivity index (χ1) is 8.83. The Hall–Kier alpha value is -1.38. The summed E-state index contributed by atoms with van der Waals surface area (Å²) in [6.07, 6.45) is 9.05. The van der Waals surface area contributed by atoms with Crippen molar-refractivity contribution in [3.8, 4) is 0 Å². The molecule has 0 saturated heterocycles. The van der Waals surface area contributed by atoms with Crippen molar-refractivity contribution in [2.45, 2.75) is 50.9 Å². The lowest BCUT2D eigenvalue weighted by atomic mass is 9.91. The number of fused-ring (bicyclic) bond motifs is 1. The first-order valence-electron chi connectivity index (χ1n) is 6.98. The second-order valence-corrected chi connectivity index (χ2v) is 5.33. The van der Waals surface area contributed by atoms with Crippen molar-refractivity contribution in [2.75, 3.05) is 0 Å². The standard InChI is InChI=1S/C15H19FN2/c16-12-8-9-13-14(10-12)18-15(17-13)11-6-4-2-1-3-5-7-11/h8-11H,1-7H2,(H,17,18). The number of rotatable bonds is 1. The van der Waals surface area contributed by atoms with E-state index in [1.54, 1.807) is 6.07 Å². The van der Waals surface area contributed by atoms with Crippen LogP contribution in [0.1, 0.15) is 56.7 Å². The van der Waals surface area contributed by atoms with Gasteiger partial charge in [-0.2, -0.15) is 0 Å². The molecule has 0 bridgehead atoms. The largest absolute Gasteiger partial charge is 0.342 e. The van der Waals surface area contributed by atoms with Crippen LogP contribution < -0.4 is 0 Å². The second kappa shape index (κ2) is 5.09. The van der Waals surface area contributed by atoms with Crippen molar-refractivity contribution in [1.82, 2.24) is 9.97 Å². The van der Waals surface area contributed by atoms with Crippen molar-refractivity contribution in [2.24, 2.45) is 0 Å². The van der Waals surface area contributed by atoms with Crippen molar-refractivity contribution in [3.63, 3.8) is 0 Å². The predicted octanol–water partition coefficient (Wildman–Crippen LogP) is 4.53. The zero-order valence-electron chi connectivity index (χ0n) is 10.6. The smallest absolute Gasteiger partial charge is 0.125 e. The summed E-state index contributed by atoms with van der Waals surface area (Å²) in [5.74, 6) is 1.38. The predicted molar refractivity (Wildman–Crippen MR) is 71.1 cm³/mol. The van der Waals surface area contributed by atoms with Crippen LogP contribution >= 0.6 is 0 Å². The number of aromatic amines is 1. The Bertz CT molecular complexity index is 524. The molecule has 1 aromatic carbocycles. The van der Waals surface area contributed by atoms with E-state index < -0.39 is 0 Å². The minimum absolute atomic E-state index is 0.199. The second-order valence-electron chi connectivity index (χ2n) is 5.33. The maximum Gasteiger partial charge on any atom is 0.125 e. The highest BCUT2D eigenvalue weighted by atomic mass is 19.1. The summed E-state index contributed by atoms with van der Waals surface area (Å²) in [5.41, 5.74) is 1.71. The summed E-state index contributed by atoms with van der Waals surface area (Å²) in [6, 6.07) is 4.77. The van der Waals surface area contributed by atoms with Crippen LogP contribution in [0.5, 0.6) is 0 Å². The maximum atomic E-state index is 13.2. The monoisotopic (exact) mass is 246 g/mol. The Labute approximate surface area is 107 Å². The Morgan fingerprint density at radius 3 is 2.56 bits per heavy atom. The van der Waals surface area contributed by atoms with Crippen LogP contribution in [0.2, 0.25) is 0 Å². The van der Waals surface area contributed by atoms with Gasteiger partial charge in [0.05, 0.1) is 11.0 Å². The average molecular weight is 246 g/mol. The first kappa shape index (κ1) is 11.7. The molecule has 1 N–H and O–H groups in total. The van der Waals surface area contributed by atoms with E-state index in [1.807, 2.05) is 0 Å². The van der Waals surface area contributed by atoms with Crippen LogP contribution in [0, 0.1) is 5.82 Å². The van der Waals surface area contributed by atoms with Crippen LogP contribution in [-0.4, -0.2) is 9.97 Å². The number of aromatic nitrogens is 2. The zero-order valence-corrected chi connectivity index (χ0v) is 10.6. The fourth-order valence-corrected chi connectivity index (χ4v) is 2.92.